The van der Waals surface area contributed by atoms with E-state index in [2.05, 4.69) is 0 Å². The highest BCUT2D eigenvalue weighted by Gasteiger charge is 2.22. The van der Waals surface area contributed by atoms with Gasteiger partial charge in [-0.05, 0) is 18.6 Å². The second kappa shape index (κ2) is 5.11. The summed E-state index contributed by atoms with van der Waals surface area (Å²) in [5.74, 6) is -3.39. The third-order valence-electron chi connectivity index (χ3n) is 2.21. The number of aliphatic carboxylic acids is 2. The molecule has 1 rings (SSSR count). The lowest BCUT2D eigenvalue weighted by molar-refractivity contribution is -0.143. The average molecular weight is 220 g/mol. The first kappa shape index (κ1) is 12.0. The second-order valence-electron chi connectivity index (χ2n) is 3.38. The summed E-state index contributed by atoms with van der Waals surface area (Å²) >= 11 is 0. The summed E-state index contributed by atoms with van der Waals surface area (Å²) in [6.07, 6.45) is 1.38. The number of hydrogen-bond acceptors (Lipinski definition) is 2. The van der Waals surface area contributed by atoms with Crippen LogP contribution in [0.3, 0.4) is 0 Å². The second-order valence-corrected chi connectivity index (χ2v) is 3.38. The lowest BCUT2D eigenvalue weighted by Crippen LogP contribution is -2.18. The normalized spacial score (nSPS) is 13.2. The largest absolute Gasteiger partial charge is 0.481 e. The first-order valence-electron chi connectivity index (χ1n) is 4.75. The van der Waals surface area contributed by atoms with Gasteiger partial charge in [-0.15, -0.1) is 0 Å². The Kier molecular flexibility index (Phi) is 3.83. The first-order chi connectivity index (χ1) is 7.52. The average Bonchev–Trinajstić information content (AvgIpc) is 2.26. The van der Waals surface area contributed by atoms with E-state index in [9.17, 15) is 9.59 Å². The summed E-state index contributed by atoms with van der Waals surface area (Å²) in [5.41, 5.74) is 0.548. The molecule has 0 bridgehead atoms. The zero-order valence-electron chi connectivity index (χ0n) is 8.75. The first-order valence-corrected chi connectivity index (χ1v) is 4.75. The van der Waals surface area contributed by atoms with Gasteiger partial charge in [-0.1, -0.05) is 30.3 Å². The van der Waals surface area contributed by atoms with E-state index in [1.165, 1.54) is 13.0 Å². The lowest BCUT2D eigenvalue weighted by atomic mass is 9.99. The van der Waals surface area contributed by atoms with Gasteiger partial charge in [-0.3, -0.25) is 4.79 Å². The van der Waals surface area contributed by atoms with E-state index in [0.717, 1.165) is 0 Å². The van der Waals surface area contributed by atoms with Gasteiger partial charge < -0.3 is 10.2 Å². The van der Waals surface area contributed by atoms with E-state index in [0.29, 0.717) is 5.56 Å². The molecule has 0 radical (unpaired) electrons. The predicted molar refractivity (Wildman–Crippen MR) is 58.9 cm³/mol. The third-order valence-corrected chi connectivity index (χ3v) is 2.21. The fraction of sp³-hybridized carbons (Fsp3) is 0.167. The van der Waals surface area contributed by atoms with Crippen LogP contribution in [0.15, 0.2) is 35.9 Å². The Hall–Kier alpha value is -2.10. The van der Waals surface area contributed by atoms with Crippen molar-refractivity contribution >= 4 is 18.0 Å². The lowest BCUT2D eigenvalue weighted by Gasteiger charge is -2.07. The Labute approximate surface area is 92.8 Å². The molecule has 0 heterocycles. The van der Waals surface area contributed by atoms with E-state index < -0.39 is 17.9 Å². The zero-order chi connectivity index (χ0) is 12.1. The van der Waals surface area contributed by atoms with Gasteiger partial charge in [0.05, 0.1) is 11.5 Å². The Balaban J connectivity index is 3.08. The van der Waals surface area contributed by atoms with E-state index in [4.69, 9.17) is 10.2 Å². The smallest absolute Gasteiger partial charge is 0.332 e. The molecule has 1 aromatic carbocycles. The van der Waals surface area contributed by atoms with Gasteiger partial charge in [0, 0.05) is 0 Å². The standard InChI is InChI=1S/C12H12O4/c1-8(11(13)14)10(12(15)16)7-9-5-3-2-4-6-9/h2-8H,1H3,(H,13,14)(H,15,16)/b10-7+/t8-/m1/s1. The summed E-state index contributed by atoms with van der Waals surface area (Å²) in [6, 6.07) is 8.76. The maximum Gasteiger partial charge on any atom is 0.332 e. The molecule has 1 atom stereocenters. The van der Waals surface area contributed by atoms with Crippen molar-refractivity contribution in [2.75, 3.05) is 0 Å². The van der Waals surface area contributed by atoms with E-state index in [1.807, 2.05) is 0 Å². The highest BCUT2D eigenvalue weighted by atomic mass is 16.4. The van der Waals surface area contributed by atoms with Gasteiger partial charge in [-0.25, -0.2) is 4.79 Å². The van der Waals surface area contributed by atoms with Crippen molar-refractivity contribution in [3.63, 3.8) is 0 Å². The molecule has 1 aromatic rings. The van der Waals surface area contributed by atoms with Crippen molar-refractivity contribution < 1.29 is 19.8 Å². The number of benzene rings is 1. The summed E-state index contributed by atoms with van der Waals surface area (Å²) in [6.45, 7) is 1.35. The predicted octanol–water partition coefficient (Wildman–Crippen LogP) is 1.88. The maximum atomic E-state index is 10.9. The Morgan fingerprint density at radius 2 is 1.75 bits per heavy atom. The SMILES string of the molecule is C[C@@H](C(=O)O)/C(=C\c1ccccc1)C(=O)O. The molecule has 0 fully saturated rings. The summed E-state index contributed by atoms with van der Waals surface area (Å²) < 4.78 is 0. The van der Waals surface area contributed by atoms with Crippen molar-refractivity contribution in [1.82, 2.24) is 0 Å². The van der Waals surface area contributed by atoms with Crippen LogP contribution in [-0.2, 0) is 9.59 Å². The van der Waals surface area contributed by atoms with Crippen molar-refractivity contribution in [3.8, 4) is 0 Å². The van der Waals surface area contributed by atoms with Gasteiger partial charge in [0.2, 0.25) is 0 Å². The zero-order valence-corrected chi connectivity index (χ0v) is 8.75. The molecular weight excluding hydrogens is 208 g/mol. The summed E-state index contributed by atoms with van der Waals surface area (Å²) in [5, 5.41) is 17.7. The van der Waals surface area contributed by atoms with Crippen LogP contribution in [0.5, 0.6) is 0 Å². The van der Waals surface area contributed by atoms with Crippen molar-refractivity contribution in [1.29, 1.82) is 0 Å². The minimum atomic E-state index is -1.21. The van der Waals surface area contributed by atoms with E-state index in [-0.39, 0.29) is 5.57 Å². The monoisotopic (exact) mass is 220 g/mol. The van der Waals surface area contributed by atoms with Crippen LogP contribution in [0.1, 0.15) is 12.5 Å². The molecule has 0 unspecified atom stereocenters. The molecule has 0 saturated heterocycles. The topological polar surface area (TPSA) is 74.6 Å². The van der Waals surface area contributed by atoms with E-state index in [1.54, 1.807) is 30.3 Å². The highest BCUT2D eigenvalue weighted by molar-refractivity contribution is 5.98. The van der Waals surface area contributed by atoms with Crippen LogP contribution in [0.4, 0.5) is 0 Å². The van der Waals surface area contributed by atoms with Crippen molar-refractivity contribution in [2.45, 2.75) is 6.92 Å². The van der Waals surface area contributed by atoms with Gasteiger partial charge in [-0.2, -0.15) is 0 Å². The van der Waals surface area contributed by atoms with Crippen molar-refractivity contribution in [3.05, 3.63) is 41.5 Å². The minimum Gasteiger partial charge on any atom is -0.481 e. The molecule has 16 heavy (non-hydrogen) atoms. The molecule has 0 aliphatic carbocycles. The van der Waals surface area contributed by atoms with Crippen LogP contribution < -0.4 is 0 Å². The summed E-state index contributed by atoms with van der Waals surface area (Å²) in [4.78, 5) is 21.6. The molecule has 0 aliphatic rings. The molecule has 4 nitrogen and oxygen atoms in total. The highest BCUT2D eigenvalue weighted by Crippen LogP contribution is 2.15. The Bertz CT molecular complexity index is 420. The van der Waals surface area contributed by atoms with Crippen LogP contribution in [0.25, 0.3) is 6.08 Å². The number of carboxylic acid groups (broad SMARTS) is 2. The number of carboxylic acids is 2. The van der Waals surface area contributed by atoms with Crippen molar-refractivity contribution in [2.24, 2.45) is 5.92 Å². The molecular formula is C12H12O4. The molecule has 0 aromatic heterocycles. The fourth-order valence-electron chi connectivity index (χ4n) is 1.23. The molecule has 4 heteroatoms. The molecule has 0 amide bonds. The number of rotatable bonds is 4. The van der Waals surface area contributed by atoms with Gasteiger partial charge in [0.15, 0.2) is 0 Å². The third kappa shape index (κ3) is 2.95. The van der Waals surface area contributed by atoms with Gasteiger partial charge in [0.25, 0.3) is 0 Å². The fourth-order valence-corrected chi connectivity index (χ4v) is 1.23. The van der Waals surface area contributed by atoms with Crippen LogP contribution in [0, 0.1) is 5.92 Å². The molecule has 0 saturated carbocycles. The molecule has 84 valence electrons. The van der Waals surface area contributed by atoms with Gasteiger partial charge >= 0.3 is 11.9 Å². The number of hydrogen-bond donors (Lipinski definition) is 2. The Morgan fingerprint density at radius 1 is 1.19 bits per heavy atom. The quantitative estimate of drug-likeness (QED) is 0.759. The van der Waals surface area contributed by atoms with E-state index >= 15 is 0 Å². The maximum absolute atomic E-state index is 10.9. The van der Waals surface area contributed by atoms with Crippen LogP contribution in [-0.4, -0.2) is 22.2 Å². The molecule has 2 N–H and O–H groups in total. The summed E-state index contributed by atoms with van der Waals surface area (Å²) in [7, 11) is 0. The Morgan fingerprint density at radius 3 is 2.19 bits per heavy atom. The van der Waals surface area contributed by atoms with Crippen LogP contribution in [0.2, 0.25) is 0 Å². The number of carbonyl (C=O) groups is 2. The van der Waals surface area contributed by atoms with Gasteiger partial charge in [0.1, 0.15) is 0 Å². The van der Waals surface area contributed by atoms with Crippen LogP contribution >= 0.6 is 0 Å². The minimum absolute atomic E-state index is 0.126. The molecule has 0 aliphatic heterocycles. The molecule has 0 spiro atoms.